The molecule has 250 valence electrons. The molecule has 7 heterocycles. The van der Waals surface area contributed by atoms with Gasteiger partial charge < -0.3 is 39.8 Å². The molecule has 3 fully saturated rings. The molecular formula is C22H24N10O13P2. The van der Waals surface area contributed by atoms with Gasteiger partial charge in [0, 0.05) is 6.20 Å². The lowest BCUT2D eigenvalue weighted by Gasteiger charge is -2.31. The van der Waals surface area contributed by atoms with Gasteiger partial charge in [-0.3, -0.25) is 43.5 Å². The molecule has 3 saturated heterocycles. The first-order valence-electron chi connectivity index (χ1n) is 13.6. The lowest BCUT2D eigenvalue weighted by molar-refractivity contribution is -0.119. The summed E-state index contributed by atoms with van der Waals surface area (Å²) >= 11 is 0. The van der Waals surface area contributed by atoms with Crippen molar-refractivity contribution in [3.8, 4) is 6.07 Å². The van der Waals surface area contributed by atoms with Crippen molar-refractivity contribution in [1.82, 2.24) is 24.8 Å². The fourth-order valence-electron chi connectivity index (χ4n) is 5.73. The van der Waals surface area contributed by atoms with Crippen molar-refractivity contribution in [2.24, 2.45) is 9.98 Å². The Morgan fingerprint density at radius 3 is 2.45 bits per heavy atom. The first-order chi connectivity index (χ1) is 22.3. The quantitative estimate of drug-likeness (QED) is 0.158. The monoisotopic (exact) mass is 698 g/mol. The van der Waals surface area contributed by atoms with E-state index in [9.17, 15) is 39.2 Å². The number of rotatable bonds is 2. The van der Waals surface area contributed by atoms with Crippen LogP contribution in [0.5, 0.6) is 0 Å². The number of aromatic nitrogens is 3. The number of aliphatic hydroxyl groups is 2. The molecule has 2 aromatic rings. The number of hydrogen-bond donors (Lipinski definition) is 7. The zero-order valence-electron chi connectivity index (χ0n) is 23.4. The third kappa shape index (κ3) is 5.53. The van der Waals surface area contributed by atoms with Gasteiger partial charge in [-0.05, 0) is 0 Å². The van der Waals surface area contributed by atoms with Gasteiger partial charge in [0.1, 0.15) is 60.5 Å². The van der Waals surface area contributed by atoms with Gasteiger partial charge in [-0.15, -0.1) is 0 Å². The van der Waals surface area contributed by atoms with E-state index in [4.69, 9.17) is 38.7 Å². The van der Waals surface area contributed by atoms with Crippen molar-refractivity contribution >= 4 is 56.5 Å². The third-order valence-corrected chi connectivity index (χ3v) is 9.78. The second kappa shape index (κ2) is 11.4. The number of amidine groups is 1. The minimum Gasteiger partial charge on any atom is -0.387 e. The Morgan fingerprint density at radius 1 is 1.04 bits per heavy atom. The Balaban J connectivity index is 1.19. The lowest BCUT2D eigenvalue weighted by Crippen LogP contribution is -2.53. The number of aliphatic imine (C=N–C) groups is 2. The van der Waals surface area contributed by atoms with Crippen molar-refractivity contribution in [1.29, 1.82) is 10.7 Å². The molecule has 3 unspecified atom stereocenters. The van der Waals surface area contributed by atoms with E-state index in [-0.39, 0.29) is 28.3 Å². The Morgan fingerprint density at radius 2 is 1.72 bits per heavy atom. The molecular weight excluding hydrogens is 674 g/mol. The Kier molecular flexibility index (Phi) is 7.75. The molecule has 0 spiro atoms. The van der Waals surface area contributed by atoms with Crippen molar-refractivity contribution in [2.75, 3.05) is 18.9 Å². The molecule has 5 aliphatic heterocycles. The van der Waals surface area contributed by atoms with E-state index in [1.165, 1.54) is 10.8 Å². The maximum atomic E-state index is 13.2. The first kappa shape index (κ1) is 31.8. The van der Waals surface area contributed by atoms with Crippen molar-refractivity contribution in [3.63, 3.8) is 0 Å². The van der Waals surface area contributed by atoms with Crippen LogP contribution in [-0.2, 0) is 41.5 Å². The number of guanidine groups is 1. The molecule has 8 N–H and O–H groups in total. The lowest BCUT2D eigenvalue weighted by atomic mass is 10.1. The number of hydrogen-bond acceptors (Lipinski definition) is 18. The number of amides is 1. The molecule has 7 rings (SSSR count). The maximum Gasteiger partial charge on any atom is 0.472 e. The average Bonchev–Trinajstić information content (AvgIpc) is 3.75. The largest absolute Gasteiger partial charge is 0.472 e. The van der Waals surface area contributed by atoms with E-state index < -0.39 is 95.8 Å². The number of nitrogens with zero attached hydrogens (tertiary/aromatic N) is 7. The predicted molar refractivity (Wildman–Crippen MR) is 150 cm³/mol. The van der Waals surface area contributed by atoms with Gasteiger partial charge in [0.25, 0.3) is 5.91 Å². The van der Waals surface area contributed by atoms with Crippen molar-refractivity contribution < 1.29 is 61.5 Å². The minimum absolute atomic E-state index is 0.0206. The zero-order chi connectivity index (χ0) is 33.4. The normalized spacial score (nSPS) is 40.5. The standard InChI is InChI=1S/C22H24N10O13P2/c23-1-7-2-31(17-10(7)16(24)26-5-27-17)20-13(34)14-9(43-20)4-41-47(38,39)45-15-12(33)8(3-40-46(36,37)44-14)42-21(15)32-6-28-11-18(32)29-22(25)30-19(11)35/h2,5-6,8-9,11-15,20-21,33-34H,3-4H2,(H,36,37)(H,38,39)(H2,24,26,27)(H2,25,30,35)/t8-,9-,11?,12-,13-,14-,15-,20-,21-/m1/s1. The summed E-state index contributed by atoms with van der Waals surface area (Å²) in [5, 5.41) is 41.9. The fourth-order valence-corrected chi connectivity index (χ4v) is 7.63. The number of anilines is 1. The molecule has 0 aliphatic carbocycles. The highest BCUT2D eigenvalue weighted by atomic mass is 31.2. The summed E-state index contributed by atoms with van der Waals surface area (Å²) in [6.45, 7) is -1.73. The van der Waals surface area contributed by atoms with Gasteiger partial charge in [0.05, 0.1) is 30.5 Å². The van der Waals surface area contributed by atoms with Gasteiger partial charge in [0.2, 0.25) is 5.96 Å². The molecule has 23 nitrogen and oxygen atoms in total. The first-order valence-corrected chi connectivity index (χ1v) is 16.6. The van der Waals surface area contributed by atoms with E-state index >= 15 is 0 Å². The van der Waals surface area contributed by atoms with Crippen LogP contribution in [0.2, 0.25) is 0 Å². The summed E-state index contributed by atoms with van der Waals surface area (Å²) in [4.78, 5) is 50.6. The van der Waals surface area contributed by atoms with Crippen LogP contribution in [0.15, 0.2) is 22.5 Å². The van der Waals surface area contributed by atoms with Gasteiger partial charge in [-0.1, -0.05) is 0 Å². The summed E-state index contributed by atoms with van der Waals surface area (Å²) < 4.78 is 60.0. The number of aliphatic hydroxyl groups excluding tert-OH is 2. The van der Waals surface area contributed by atoms with Gasteiger partial charge in [0.15, 0.2) is 24.3 Å². The summed E-state index contributed by atoms with van der Waals surface area (Å²) in [7, 11) is -10.3. The molecule has 47 heavy (non-hydrogen) atoms. The highest BCUT2D eigenvalue weighted by Crippen LogP contribution is 2.53. The number of fused-ring (bicyclic) bond motifs is 5. The molecule has 1 amide bonds. The molecule has 2 aromatic heterocycles. The smallest absolute Gasteiger partial charge is 0.387 e. The second-order valence-electron chi connectivity index (χ2n) is 10.7. The molecule has 11 atom stereocenters. The SMILES string of the molecule is N#Cc1cn([C@@H]2O[C@@H]3COP(=O)(O)O[C@@H]4[C@H](O)[C@@H](COP(=O)(O)O[C@H]3[C@H]2O)O[C@H]4N2C=NC3C(=O)NC(=N)N=C32)c2ncnc(N)c12. The van der Waals surface area contributed by atoms with Gasteiger partial charge in [-0.2, -0.15) is 10.3 Å². The molecule has 0 saturated carbocycles. The van der Waals surface area contributed by atoms with E-state index in [0.29, 0.717) is 0 Å². The van der Waals surface area contributed by atoms with Crippen LogP contribution in [-0.4, -0.2) is 126 Å². The summed E-state index contributed by atoms with van der Waals surface area (Å²) in [5.41, 5.74) is 6.00. The van der Waals surface area contributed by atoms with E-state index in [1.54, 1.807) is 0 Å². The van der Waals surface area contributed by atoms with Crippen LogP contribution in [0.4, 0.5) is 5.82 Å². The van der Waals surface area contributed by atoms with Crippen LogP contribution in [0, 0.1) is 16.7 Å². The topological polar surface area (TPSA) is 332 Å². The number of nitrogens with one attached hydrogen (secondary N) is 2. The van der Waals surface area contributed by atoms with Crippen LogP contribution in [0.25, 0.3) is 11.0 Å². The van der Waals surface area contributed by atoms with Crippen molar-refractivity contribution in [3.05, 3.63) is 18.1 Å². The maximum absolute atomic E-state index is 13.2. The Labute approximate surface area is 261 Å². The number of carbonyl (C=O) groups is 1. The molecule has 25 heteroatoms. The summed E-state index contributed by atoms with van der Waals surface area (Å²) in [5.74, 6) is -1.38. The van der Waals surface area contributed by atoms with Crippen LogP contribution in [0.1, 0.15) is 11.8 Å². The Bertz CT molecular complexity index is 1870. The Hall–Kier alpha value is -3.75. The number of phosphoric ester groups is 2. The molecule has 2 bridgehead atoms. The van der Waals surface area contributed by atoms with Crippen LogP contribution >= 0.6 is 15.6 Å². The average molecular weight is 698 g/mol. The van der Waals surface area contributed by atoms with Crippen LogP contribution in [0.3, 0.4) is 0 Å². The number of nitrogens with two attached hydrogens (primary N) is 1. The number of nitrogen functional groups attached to an aromatic ring is 1. The number of phosphoric acid groups is 2. The predicted octanol–water partition coefficient (Wildman–Crippen LogP) is -2.58. The van der Waals surface area contributed by atoms with Crippen molar-refractivity contribution in [2.45, 2.75) is 55.1 Å². The van der Waals surface area contributed by atoms with E-state index in [1.807, 2.05) is 6.07 Å². The highest BCUT2D eigenvalue weighted by Gasteiger charge is 2.56. The number of nitriles is 1. The fraction of sp³-hybridized carbons (Fsp3) is 0.500. The van der Waals surface area contributed by atoms with Crippen LogP contribution < -0.4 is 11.1 Å². The van der Waals surface area contributed by atoms with Gasteiger partial charge in [-0.25, -0.2) is 19.1 Å². The highest BCUT2D eigenvalue weighted by molar-refractivity contribution is 7.47. The number of ether oxygens (including phenoxy) is 2. The summed E-state index contributed by atoms with van der Waals surface area (Å²) in [6.07, 6.45) is -9.65. The zero-order valence-corrected chi connectivity index (χ0v) is 25.2. The molecule has 0 aromatic carbocycles. The van der Waals surface area contributed by atoms with Gasteiger partial charge >= 0.3 is 15.6 Å². The van der Waals surface area contributed by atoms with E-state index in [0.717, 1.165) is 17.6 Å². The minimum atomic E-state index is -5.16. The third-order valence-electron chi connectivity index (χ3n) is 7.81. The molecule has 0 radical (unpaired) electrons. The summed E-state index contributed by atoms with van der Waals surface area (Å²) in [6, 6.07) is 0.728. The van der Waals surface area contributed by atoms with E-state index in [2.05, 4.69) is 25.3 Å². The number of carbonyl (C=O) groups excluding carboxylic acids is 1. The molecule has 5 aliphatic rings. The second-order valence-corrected chi connectivity index (χ2v) is 13.5.